The van der Waals surface area contributed by atoms with Crippen molar-refractivity contribution >= 4 is 17.5 Å². The van der Waals surface area contributed by atoms with E-state index in [1.165, 1.54) is 0 Å². The number of nitrogens with zero attached hydrogens (tertiary/aromatic N) is 1. The molecule has 1 N–H and O–H groups in total. The highest BCUT2D eigenvalue weighted by Gasteiger charge is 2.20. The summed E-state index contributed by atoms with van der Waals surface area (Å²) in [6.45, 7) is 4.41. The highest BCUT2D eigenvalue weighted by atomic mass is 16.5. The molecule has 0 saturated heterocycles. The Morgan fingerprint density at radius 3 is 2.30 bits per heavy atom. The number of benzene rings is 4. The Labute approximate surface area is 218 Å². The van der Waals surface area contributed by atoms with Crippen molar-refractivity contribution in [1.29, 1.82) is 0 Å². The lowest BCUT2D eigenvalue weighted by molar-refractivity contribution is -0.121. The van der Waals surface area contributed by atoms with Gasteiger partial charge in [0.15, 0.2) is 0 Å². The van der Waals surface area contributed by atoms with Gasteiger partial charge >= 0.3 is 0 Å². The summed E-state index contributed by atoms with van der Waals surface area (Å²) in [6.07, 6.45) is 0.219. The van der Waals surface area contributed by atoms with Crippen LogP contribution in [0.5, 0.6) is 5.75 Å². The van der Waals surface area contributed by atoms with Crippen LogP contribution in [0.15, 0.2) is 103 Å². The maximum absolute atomic E-state index is 13.7. The van der Waals surface area contributed by atoms with Gasteiger partial charge in [-0.15, -0.1) is 0 Å². The molecule has 5 heteroatoms. The third-order valence-electron chi connectivity index (χ3n) is 6.29. The van der Waals surface area contributed by atoms with Gasteiger partial charge in [-0.1, -0.05) is 78.4 Å². The number of carbonyl (C=O) groups is 2. The van der Waals surface area contributed by atoms with Crippen molar-refractivity contribution < 1.29 is 14.3 Å². The third-order valence-corrected chi connectivity index (χ3v) is 6.29. The van der Waals surface area contributed by atoms with E-state index >= 15 is 0 Å². The first-order valence-electron chi connectivity index (χ1n) is 12.4. The number of aryl methyl sites for hydroxylation is 1. The molecular weight excluding hydrogens is 460 g/mol. The molecule has 0 aromatic heterocycles. The molecule has 0 fully saturated rings. The van der Waals surface area contributed by atoms with Gasteiger partial charge in [-0.05, 0) is 60.9 Å². The minimum absolute atomic E-state index is 0.0716. The normalized spacial score (nSPS) is 11.4. The second-order valence-electron chi connectivity index (χ2n) is 9.16. The Hall–Kier alpha value is -4.38. The minimum Gasteiger partial charge on any atom is -0.497 e. The number of carbonyl (C=O) groups excluding carboxylic acids is 2. The van der Waals surface area contributed by atoms with E-state index in [2.05, 4.69) is 5.32 Å². The molecule has 0 aliphatic carbocycles. The van der Waals surface area contributed by atoms with Crippen LogP contribution in [0.1, 0.15) is 45.6 Å². The van der Waals surface area contributed by atoms with Gasteiger partial charge in [-0.3, -0.25) is 9.59 Å². The van der Waals surface area contributed by atoms with Crippen LogP contribution < -0.4 is 15.0 Å². The Morgan fingerprint density at radius 2 is 1.57 bits per heavy atom. The van der Waals surface area contributed by atoms with Crippen molar-refractivity contribution in [1.82, 2.24) is 5.32 Å². The summed E-state index contributed by atoms with van der Waals surface area (Å²) in [7, 11) is 1.58. The first kappa shape index (κ1) is 25.7. The van der Waals surface area contributed by atoms with Gasteiger partial charge in [0.05, 0.1) is 26.1 Å². The SMILES string of the molecule is COc1cccc(C(=O)N(Cc2ccc(C)cc2)c2cccc(CC(=O)NC(C)c3ccccc3)c2)c1. The summed E-state index contributed by atoms with van der Waals surface area (Å²) in [4.78, 5) is 28.3. The summed E-state index contributed by atoms with van der Waals surface area (Å²) < 4.78 is 5.33. The van der Waals surface area contributed by atoms with Crippen LogP contribution in [-0.2, 0) is 17.8 Å². The summed E-state index contributed by atoms with van der Waals surface area (Å²) >= 11 is 0. The van der Waals surface area contributed by atoms with Crippen LogP contribution in [0.3, 0.4) is 0 Å². The van der Waals surface area contributed by atoms with Crippen molar-refractivity contribution in [3.63, 3.8) is 0 Å². The molecule has 4 rings (SSSR count). The lowest BCUT2D eigenvalue weighted by atomic mass is 10.1. The van der Waals surface area contributed by atoms with E-state index in [0.717, 1.165) is 27.9 Å². The maximum atomic E-state index is 13.7. The van der Waals surface area contributed by atoms with Crippen molar-refractivity contribution in [2.75, 3.05) is 12.0 Å². The predicted octanol–water partition coefficient (Wildman–Crippen LogP) is 6.27. The molecular formula is C32H32N2O3. The van der Waals surface area contributed by atoms with E-state index < -0.39 is 0 Å². The summed E-state index contributed by atoms with van der Waals surface area (Å²) in [5.74, 6) is 0.413. The van der Waals surface area contributed by atoms with Gasteiger partial charge in [-0.25, -0.2) is 0 Å². The maximum Gasteiger partial charge on any atom is 0.258 e. The largest absolute Gasteiger partial charge is 0.497 e. The number of anilines is 1. The standard InChI is InChI=1S/C32H32N2O3/c1-23-15-17-25(18-16-23)22-34(32(36)28-12-8-14-30(21-28)37-3)29-13-7-9-26(19-29)20-31(35)33-24(2)27-10-5-4-6-11-27/h4-19,21,24H,20,22H2,1-3H3,(H,33,35). The number of rotatable bonds is 9. The van der Waals surface area contributed by atoms with E-state index in [4.69, 9.17) is 4.74 Å². The first-order valence-corrected chi connectivity index (χ1v) is 12.4. The van der Waals surface area contributed by atoms with Crippen LogP contribution in [-0.4, -0.2) is 18.9 Å². The summed E-state index contributed by atoms with van der Waals surface area (Å²) in [6, 6.07) is 32.7. The third kappa shape index (κ3) is 6.85. The molecule has 0 bridgehead atoms. The van der Waals surface area contributed by atoms with Crippen molar-refractivity contribution in [3.05, 3.63) is 131 Å². The van der Waals surface area contributed by atoms with Gasteiger partial charge in [-0.2, -0.15) is 0 Å². The van der Waals surface area contributed by atoms with Crippen LogP contribution in [0.25, 0.3) is 0 Å². The molecule has 0 saturated carbocycles. The Morgan fingerprint density at radius 1 is 0.838 bits per heavy atom. The first-order chi connectivity index (χ1) is 17.9. The van der Waals surface area contributed by atoms with Gasteiger partial charge in [0.2, 0.25) is 5.91 Å². The molecule has 4 aromatic rings. The fourth-order valence-corrected chi connectivity index (χ4v) is 4.21. The highest BCUT2D eigenvalue weighted by Crippen LogP contribution is 2.24. The molecule has 37 heavy (non-hydrogen) atoms. The second-order valence-corrected chi connectivity index (χ2v) is 9.16. The van der Waals surface area contributed by atoms with Crippen molar-refractivity contribution in [2.24, 2.45) is 0 Å². The molecule has 0 heterocycles. The van der Waals surface area contributed by atoms with Gasteiger partial charge in [0.25, 0.3) is 5.91 Å². The van der Waals surface area contributed by atoms with Crippen LogP contribution in [0.4, 0.5) is 5.69 Å². The minimum atomic E-state index is -0.140. The number of hydrogen-bond donors (Lipinski definition) is 1. The van der Waals surface area contributed by atoms with Crippen molar-refractivity contribution in [3.8, 4) is 5.75 Å². The molecule has 2 amide bonds. The molecule has 1 unspecified atom stereocenters. The number of ether oxygens (including phenoxy) is 1. The Bertz CT molecular complexity index is 1350. The van der Waals surface area contributed by atoms with E-state index in [1.54, 1.807) is 24.1 Å². The predicted molar refractivity (Wildman–Crippen MR) is 148 cm³/mol. The Balaban J connectivity index is 1.57. The molecule has 0 aliphatic heterocycles. The van der Waals surface area contributed by atoms with Crippen molar-refractivity contribution in [2.45, 2.75) is 32.9 Å². The molecule has 4 aromatic carbocycles. The van der Waals surface area contributed by atoms with Gasteiger partial charge in [0, 0.05) is 11.3 Å². The molecule has 5 nitrogen and oxygen atoms in total. The average molecular weight is 493 g/mol. The zero-order valence-corrected chi connectivity index (χ0v) is 21.5. The molecule has 188 valence electrons. The average Bonchev–Trinajstić information content (AvgIpc) is 2.93. The lowest BCUT2D eigenvalue weighted by Crippen LogP contribution is -2.31. The van der Waals surface area contributed by atoms with E-state index in [-0.39, 0.29) is 24.3 Å². The summed E-state index contributed by atoms with van der Waals surface area (Å²) in [5.41, 5.74) is 5.33. The summed E-state index contributed by atoms with van der Waals surface area (Å²) in [5, 5.41) is 3.07. The van der Waals surface area contributed by atoms with E-state index in [0.29, 0.717) is 17.9 Å². The number of nitrogens with one attached hydrogen (secondary N) is 1. The van der Waals surface area contributed by atoms with Crippen LogP contribution in [0.2, 0.25) is 0 Å². The van der Waals surface area contributed by atoms with E-state index in [1.807, 2.05) is 105 Å². The number of hydrogen-bond acceptors (Lipinski definition) is 3. The molecule has 1 atom stereocenters. The molecule has 0 radical (unpaired) electrons. The van der Waals surface area contributed by atoms with E-state index in [9.17, 15) is 9.59 Å². The zero-order chi connectivity index (χ0) is 26.2. The zero-order valence-electron chi connectivity index (χ0n) is 21.5. The smallest absolute Gasteiger partial charge is 0.258 e. The number of amides is 2. The van der Waals surface area contributed by atoms with Gasteiger partial charge < -0.3 is 15.0 Å². The topological polar surface area (TPSA) is 58.6 Å². The number of methoxy groups -OCH3 is 1. The highest BCUT2D eigenvalue weighted by molar-refractivity contribution is 6.06. The molecule has 0 aliphatic rings. The second kappa shape index (κ2) is 12.0. The quantitative estimate of drug-likeness (QED) is 0.300. The lowest BCUT2D eigenvalue weighted by Gasteiger charge is -2.24. The van der Waals surface area contributed by atoms with Gasteiger partial charge in [0.1, 0.15) is 5.75 Å². The monoisotopic (exact) mass is 492 g/mol. The van der Waals surface area contributed by atoms with Crippen LogP contribution in [0, 0.1) is 6.92 Å². The molecule has 0 spiro atoms. The Kier molecular flexibility index (Phi) is 8.37. The fraction of sp³-hybridized carbons (Fsp3) is 0.188. The van der Waals surface area contributed by atoms with Crippen LogP contribution >= 0.6 is 0 Å². The fourth-order valence-electron chi connectivity index (χ4n) is 4.21.